The summed E-state index contributed by atoms with van der Waals surface area (Å²) in [4.78, 5) is 13.4. The number of hydrogen-bond acceptors (Lipinski definition) is 7. The number of aromatic nitrogens is 3. The third-order valence-electron chi connectivity index (χ3n) is 5.40. The van der Waals surface area contributed by atoms with E-state index in [1.165, 1.54) is 4.31 Å². The number of nitrogens with one attached hydrogen (secondary N) is 1. The zero-order chi connectivity index (χ0) is 22.0. The van der Waals surface area contributed by atoms with Gasteiger partial charge in [0, 0.05) is 12.7 Å². The molecule has 3 heterocycles. The predicted molar refractivity (Wildman–Crippen MR) is 118 cm³/mol. The van der Waals surface area contributed by atoms with Crippen LogP contribution in [0.5, 0.6) is 5.75 Å². The third kappa shape index (κ3) is 4.24. The molecule has 8 nitrogen and oxygen atoms in total. The average Bonchev–Trinajstić information content (AvgIpc) is 3.27. The molecule has 1 aliphatic rings. The van der Waals surface area contributed by atoms with Crippen LogP contribution in [0.15, 0.2) is 53.8 Å². The van der Waals surface area contributed by atoms with Crippen LogP contribution in [0.4, 0.5) is 11.6 Å². The Balaban J connectivity index is 1.65. The fraction of sp³-hybridized carbons (Fsp3) is 0.318. The van der Waals surface area contributed by atoms with Crippen LogP contribution >= 0.6 is 0 Å². The Morgan fingerprint density at radius 3 is 2.71 bits per heavy atom. The number of aryl methyl sites for hydroxylation is 2. The van der Waals surface area contributed by atoms with E-state index >= 15 is 0 Å². The van der Waals surface area contributed by atoms with Crippen LogP contribution in [0.3, 0.4) is 0 Å². The summed E-state index contributed by atoms with van der Waals surface area (Å²) < 4.78 is 34.0. The zero-order valence-electron chi connectivity index (χ0n) is 17.7. The first-order valence-corrected chi connectivity index (χ1v) is 11.5. The summed E-state index contributed by atoms with van der Waals surface area (Å²) in [6.45, 7) is 4.07. The summed E-state index contributed by atoms with van der Waals surface area (Å²) >= 11 is 0. The Morgan fingerprint density at radius 2 is 1.97 bits per heavy atom. The van der Waals surface area contributed by atoms with Crippen molar-refractivity contribution in [2.24, 2.45) is 0 Å². The number of hydrogen-bond donors (Lipinski definition) is 1. The first kappa shape index (κ1) is 21.2. The molecule has 9 heteroatoms. The van der Waals surface area contributed by atoms with Gasteiger partial charge < -0.3 is 10.1 Å². The van der Waals surface area contributed by atoms with E-state index < -0.39 is 10.0 Å². The van der Waals surface area contributed by atoms with Crippen LogP contribution in [0.1, 0.15) is 35.7 Å². The standard InChI is InChI=1S/C22H25N5O3S/c1-15-12-20(16(2)11-19(15)30-3)31(28,29)27-10-6-7-18(27)17-13-23-14-22(25-17)26-21-8-4-5-9-24-21/h4-5,8-9,11-14,18H,6-7,10H2,1-3H3,(H,24,25,26)/t18-/m0/s1. The molecular weight excluding hydrogens is 414 g/mol. The lowest BCUT2D eigenvalue weighted by molar-refractivity contribution is 0.389. The van der Waals surface area contributed by atoms with Crippen LogP contribution in [0.2, 0.25) is 0 Å². The number of nitrogens with zero attached hydrogens (tertiary/aromatic N) is 4. The first-order valence-electron chi connectivity index (χ1n) is 10.1. The maximum absolute atomic E-state index is 13.6. The van der Waals surface area contributed by atoms with Gasteiger partial charge in [-0.2, -0.15) is 4.31 Å². The lowest BCUT2D eigenvalue weighted by atomic mass is 10.1. The van der Waals surface area contributed by atoms with Crippen LogP contribution < -0.4 is 10.1 Å². The van der Waals surface area contributed by atoms with Crippen molar-refractivity contribution in [2.45, 2.75) is 37.6 Å². The van der Waals surface area contributed by atoms with Crippen molar-refractivity contribution < 1.29 is 13.2 Å². The van der Waals surface area contributed by atoms with Gasteiger partial charge in [-0.25, -0.2) is 18.4 Å². The molecule has 1 N–H and O–H groups in total. The number of anilines is 2. The summed E-state index contributed by atoms with van der Waals surface area (Å²) in [5.41, 5.74) is 2.05. The molecule has 2 aromatic heterocycles. The van der Waals surface area contributed by atoms with Crippen molar-refractivity contribution in [1.29, 1.82) is 0 Å². The number of benzene rings is 1. The van der Waals surface area contributed by atoms with Gasteiger partial charge in [0.2, 0.25) is 10.0 Å². The molecule has 4 rings (SSSR count). The molecule has 0 amide bonds. The fourth-order valence-corrected chi connectivity index (χ4v) is 5.84. The van der Waals surface area contributed by atoms with Gasteiger partial charge in [-0.15, -0.1) is 0 Å². The fourth-order valence-electron chi connectivity index (χ4n) is 3.88. The predicted octanol–water partition coefficient (Wildman–Crippen LogP) is 3.77. The molecular formula is C22H25N5O3S. The Kier molecular flexibility index (Phi) is 5.88. The molecule has 0 bridgehead atoms. The van der Waals surface area contributed by atoms with Crippen molar-refractivity contribution in [2.75, 3.05) is 19.0 Å². The number of pyridine rings is 1. The van der Waals surface area contributed by atoms with Gasteiger partial charge in [0.15, 0.2) is 0 Å². The van der Waals surface area contributed by atoms with E-state index in [1.807, 2.05) is 25.1 Å². The highest BCUT2D eigenvalue weighted by Crippen LogP contribution is 2.37. The quantitative estimate of drug-likeness (QED) is 0.624. The van der Waals surface area contributed by atoms with Crippen LogP contribution in [-0.2, 0) is 10.0 Å². The number of ether oxygens (including phenoxy) is 1. The second-order valence-electron chi connectivity index (χ2n) is 7.53. The highest BCUT2D eigenvalue weighted by atomic mass is 32.2. The van der Waals surface area contributed by atoms with E-state index in [1.54, 1.807) is 44.8 Å². The van der Waals surface area contributed by atoms with Gasteiger partial charge in [-0.3, -0.25) is 4.98 Å². The molecule has 0 unspecified atom stereocenters. The zero-order valence-corrected chi connectivity index (χ0v) is 18.6. The smallest absolute Gasteiger partial charge is 0.243 e. The van der Waals surface area contributed by atoms with Crippen molar-refractivity contribution in [1.82, 2.24) is 19.3 Å². The van der Waals surface area contributed by atoms with E-state index in [0.29, 0.717) is 46.5 Å². The molecule has 31 heavy (non-hydrogen) atoms. The van der Waals surface area contributed by atoms with E-state index in [4.69, 9.17) is 4.74 Å². The van der Waals surface area contributed by atoms with Gasteiger partial charge in [0.05, 0.1) is 36.1 Å². The normalized spacial score (nSPS) is 16.9. The minimum Gasteiger partial charge on any atom is -0.496 e. The first-order chi connectivity index (χ1) is 14.9. The Labute approximate surface area is 182 Å². The highest BCUT2D eigenvalue weighted by molar-refractivity contribution is 7.89. The summed E-state index contributed by atoms with van der Waals surface area (Å²) in [6.07, 6.45) is 6.37. The van der Waals surface area contributed by atoms with Crippen LogP contribution in [0, 0.1) is 13.8 Å². The van der Waals surface area contributed by atoms with Gasteiger partial charge in [-0.1, -0.05) is 6.07 Å². The molecule has 1 atom stereocenters. The lowest BCUT2D eigenvalue weighted by Crippen LogP contribution is -2.31. The topological polar surface area (TPSA) is 97.3 Å². The highest BCUT2D eigenvalue weighted by Gasteiger charge is 2.38. The van der Waals surface area contributed by atoms with E-state index in [9.17, 15) is 8.42 Å². The SMILES string of the molecule is COc1cc(C)c(S(=O)(=O)N2CCC[C@H]2c2cncc(Nc3ccccn3)n2)cc1C. The molecule has 1 fully saturated rings. The Hall–Kier alpha value is -3.04. The van der Waals surface area contributed by atoms with Crippen molar-refractivity contribution >= 4 is 21.7 Å². The molecule has 3 aromatic rings. The van der Waals surface area contributed by atoms with E-state index in [0.717, 1.165) is 12.0 Å². The van der Waals surface area contributed by atoms with Gasteiger partial charge in [0.1, 0.15) is 17.4 Å². The lowest BCUT2D eigenvalue weighted by Gasteiger charge is -2.25. The van der Waals surface area contributed by atoms with Crippen LogP contribution in [0.25, 0.3) is 0 Å². The molecule has 1 saturated heterocycles. The van der Waals surface area contributed by atoms with E-state index in [2.05, 4.69) is 20.3 Å². The molecule has 0 saturated carbocycles. The summed E-state index contributed by atoms with van der Waals surface area (Å²) in [5, 5.41) is 3.12. The largest absolute Gasteiger partial charge is 0.496 e. The van der Waals surface area contributed by atoms with Crippen molar-refractivity contribution in [3.63, 3.8) is 0 Å². The number of sulfonamides is 1. The van der Waals surface area contributed by atoms with Crippen molar-refractivity contribution in [3.05, 3.63) is 65.7 Å². The molecule has 1 aromatic carbocycles. The molecule has 0 aliphatic carbocycles. The molecule has 162 valence electrons. The van der Waals surface area contributed by atoms with Gasteiger partial charge in [0.25, 0.3) is 0 Å². The van der Waals surface area contributed by atoms with Gasteiger partial charge in [-0.05, 0) is 62.1 Å². The minimum atomic E-state index is -3.71. The Bertz CT molecular complexity index is 1190. The monoisotopic (exact) mass is 439 g/mol. The average molecular weight is 440 g/mol. The summed E-state index contributed by atoms with van der Waals surface area (Å²) in [6, 6.07) is 8.61. The Morgan fingerprint density at radius 1 is 1.13 bits per heavy atom. The van der Waals surface area contributed by atoms with Gasteiger partial charge >= 0.3 is 0 Å². The summed E-state index contributed by atoms with van der Waals surface area (Å²) in [5.74, 6) is 1.85. The maximum atomic E-state index is 13.6. The third-order valence-corrected chi connectivity index (χ3v) is 7.45. The van der Waals surface area contributed by atoms with E-state index in [-0.39, 0.29) is 6.04 Å². The molecule has 1 aliphatic heterocycles. The number of rotatable bonds is 6. The second kappa shape index (κ2) is 8.60. The molecule has 0 spiro atoms. The second-order valence-corrected chi connectivity index (χ2v) is 9.39. The number of methoxy groups -OCH3 is 1. The molecule has 0 radical (unpaired) electrons. The maximum Gasteiger partial charge on any atom is 0.243 e. The van der Waals surface area contributed by atoms with Crippen LogP contribution in [-0.4, -0.2) is 41.3 Å². The van der Waals surface area contributed by atoms with Crippen molar-refractivity contribution in [3.8, 4) is 5.75 Å². The minimum absolute atomic E-state index is 0.299. The summed E-state index contributed by atoms with van der Waals surface area (Å²) in [7, 11) is -2.13.